The second-order valence-corrected chi connectivity index (χ2v) is 4.80. The fourth-order valence-corrected chi connectivity index (χ4v) is 2.16. The van der Waals surface area contributed by atoms with Crippen LogP contribution in [0.1, 0.15) is 10.4 Å². The number of nitrogens with zero attached hydrogens (tertiary/aromatic N) is 4. The van der Waals surface area contributed by atoms with Gasteiger partial charge in [-0.2, -0.15) is 0 Å². The normalized spacial score (nSPS) is 10.7. The van der Waals surface area contributed by atoms with Gasteiger partial charge in [-0.15, -0.1) is 0 Å². The van der Waals surface area contributed by atoms with E-state index < -0.39 is 5.97 Å². The summed E-state index contributed by atoms with van der Waals surface area (Å²) in [5, 5.41) is 0. The Morgan fingerprint density at radius 1 is 1.35 bits per heavy atom. The summed E-state index contributed by atoms with van der Waals surface area (Å²) in [6, 6.07) is 7.21. The largest absolute Gasteiger partial charge is 0.465 e. The van der Waals surface area contributed by atoms with E-state index in [9.17, 15) is 4.79 Å². The lowest BCUT2D eigenvalue weighted by molar-refractivity contribution is 0.0600. The number of fused-ring (bicyclic) bond motifs is 1. The van der Waals surface area contributed by atoms with Gasteiger partial charge >= 0.3 is 5.97 Å². The third-order valence-electron chi connectivity index (χ3n) is 2.76. The summed E-state index contributed by atoms with van der Waals surface area (Å²) in [6.45, 7) is 0. The van der Waals surface area contributed by atoms with Crippen LogP contribution in [0, 0.1) is 0 Å². The lowest BCUT2D eigenvalue weighted by Gasteiger charge is -2.03. The zero-order chi connectivity index (χ0) is 14.1. The zero-order valence-corrected chi connectivity index (χ0v) is 12.0. The average molecular weight is 333 g/mol. The van der Waals surface area contributed by atoms with Gasteiger partial charge in [0.1, 0.15) is 22.3 Å². The molecule has 0 unspecified atom stereocenters. The molecule has 100 valence electrons. The molecule has 0 fully saturated rings. The molecule has 0 aliphatic heterocycles. The first kappa shape index (κ1) is 12.7. The van der Waals surface area contributed by atoms with Crippen LogP contribution in [-0.2, 0) is 4.74 Å². The molecule has 0 radical (unpaired) electrons. The van der Waals surface area contributed by atoms with Gasteiger partial charge in [-0.3, -0.25) is 4.57 Å². The molecular weight excluding hydrogens is 324 g/mol. The maximum atomic E-state index is 11.5. The van der Waals surface area contributed by atoms with E-state index in [0.717, 1.165) is 4.60 Å². The number of hydrogen-bond acceptors (Lipinski definition) is 5. The molecule has 3 rings (SSSR count). The van der Waals surface area contributed by atoms with E-state index in [2.05, 4.69) is 35.6 Å². The van der Waals surface area contributed by atoms with Crippen molar-refractivity contribution < 1.29 is 9.53 Å². The third kappa shape index (κ3) is 2.16. The van der Waals surface area contributed by atoms with Crippen LogP contribution in [0.3, 0.4) is 0 Å². The second-order valence-electron chi connectivity index (χ2n) is 3.99. The quantitative estimate of drug-likeness (QED) is 0.532. The Morgan fingerprint density at radius 3 is 2.95 bits per heavy atom. The maximum absolute atomic E-state index is 11.5. The van der Waals surface area contributed by atoms with Crippen molar-refractivity contribution in [3.8, 4) is 5.82 Å². The van der Waals surface area contributed by atoms with E-state index >= 15 is 0 Å². The monoisotopic (exact) mass is 332 g/mol. The molecule has 0 amide bonds. The van der Waals surface area contributed by atoms with Gasteiger partial charge in [-0.1, -0.05) is 6.07 Å². The number of aromatic nitrogens is 4. The minimum Gasteiger partial charge on any atom is -0.465 e. The standard InChI is InChI=1S/C13H9BrN4O2/c1-20-13(19)8-5-9-12(15-6-8)18(7-16-9)11-4-2-3-10(14)17-11/h2-7H,1H3. The number of carbonyl (C=O) groups is 1. The first-order chi connectivity index (χ1) is 9.69. The van der Waals surface area contributed by atoms with Crippen molar-refractivity contribution in [3.63, 3.8) is 0 Å². The molecule has 0 atom stereocenters. The molecular formula is C13H9BrN4O2. The van der Waals surface area contributed by atoms with Gasteiger partial charge in [-0.05, 0) is 34.1 Å². The molecule has 3 heterocycles. The zero-order valence-electron chi connectivity index (χ0n) is 10.4. The Balaban J connectivity index is 2.13. The van der Waals surface area contributed by atoms with Crippen LogP contribution in [-0.4, -0.2) is 32.6 Å². The van der Waals surface area contributed by atoms with E-state index in [1.54, 1.807) is 17.0 Å². The number of halogens is 1. The molecule has 7 heteroatoms. The number of methoxy groups -OCH3 is 1. The predicted octanol–water partition coefficient (Wildman–Crippen LogP) is 2.36. The number of carbonyl (C=O) groups excluding carboxylic acids is 1. The first-order valence-electron chi connectivity index (χ1n) is 5.73. The molecule has 0 aliphatic carbocycles. The minimum atomic E-state index is -0.436. The van der Waals surface area contributed by atoms with E-state index in [1.165, 1.54) is 13.3 Å². The molecule has 20 heavy (non-hydrogen) atoms. The molecule has 0 saturated heterocycles. The summed E-state index contributed by atoms with van der Waals surface area (Å²) >= 11 is 3.33. The van der Waals surface area contributed by atoms with Crippen molar-refractivity contribution in [3.05, 3.63) is 47.0 Å². The molecule has 0 saturated carbocycles. The van der Waals surface area contributed by atoms with E-state index in [4.69, 9.17) is 0 Å². The number of rotatable bonds is 2. The molecule has 0 N–H and O–H groups in total. The summed E-state index contributed by atoms with van der Waals surface area (Å²) in [6.07, 6.45) is 3.08. The highest BCUT2D eigenvalue weighted by molar-refractivity contribution is 9.10. The van der Waals surface area contributed by atoms with Crippen LogP contribution in [0.2, 0.25) is 0 Å². The topological polar surface area (TPSA) is 69.9 Å². The second kappa shape index (κ2) is 5.01. The molecule has 0 aliphatic rings. The van der Waals surface area contributed by atoms with Crippen molar-refractivity contribution in [2.24, 2.45) is 0 Å². The number of hydrogen-bond donors (Lipinski definition) is 0. The van der Waals surface area contributed by atoms with Gasteiger partial charge in [0.2, 0.25) is 0 Å². The van der Waals surface area contributed by atoms with Gasteiger partial charge in [0.15, 0.2) is 5.65 Å². The molecule has 3 aromatic rings. The van der Waals surface area contributed by atoms with E-state index in [0.29, 0.717) is 22.5 Å². The molecule has 0 bridgehead atoms. The Kier molecular flexibility index (Phi) is 3.19. The number of pyridine rings is 2. The minimum absolute atomic E-state index is 0.368. The van der Waals surface area contributed by atoms with Gasteiger partial charge in [0.05, 0.1) is 12.7 Å². The van der Waals surface area contributed by atoms with E-state index in [1.807, 2.05) is 18.2 Å². The Morgan fingerprint density at radius 2 is 2.20 bits per heavy atom. The molecule has 3 aromatic heterocycles. The van der Waals surface area contributed by atoms with Gasteiger partial charge in [0.25, 0.3) is 0 Å². The van der Waals surface area contributed by atoms with Crippen molar-refractivity contribution in [2.75, 3.05) is 7.11 Å². The Hall–Kier alpha value is -2.28. The number of ether oxygens (including phenoxy) is 1. The van der Waals surface area contributed by atoms with Crippen LogP contribution >= 0.6 is 15.9 Å². The van der Waals surface area contributed by atoms with Crippen molar-refractivity contribution in [2.45, 2.75) is 0 Å². The highest BCUT2D eigenvalue weighted by atomic mass is 79.9. The van der Waals surface area contributed by atoms with Crippen molar-refractivity contribution >= 4 is 33.1 Å². The van der Waals surface area contributed by atoms with Gasteiger partial charge in [0, 0.05) is 6.20 Å². The van der Waals surface area contributed by atoms with E-state index in [-0.39, 0.29) is 0 Å². The first-order valence-corrected chi connectivity index (χ1v) is 6.52. The van der Waals surface area contributed by atoms with Crippen molar-refractivity contribution in [1.29, 1.82) is 0 Å². The summed E-state index contributed by atoms with van der Waals surface area (Å²) in [5.41, 5.74) is 1.60. The number of esters is 1. The molecule has 0 spiro atoms. The fourth-order valence-electron chi connectivity index (χ4n) is 1.83. The summed E-state index contributed by atoms with van der Waals surface area (Å²) in [5.74, 6) is 0.259. The maximum Gasteiger partial charge on any atom is 0.339 e. The summed E-state index contributed by atoms with van der Waals surface area (Å²) in [7, 11) is 1.33. The highest BCUT2D eigenvalue weighted by Gasteiger charge is 2.12. The number of imidazole rings is 1. The van der Waals surface area contributed by atoms with Crippen LogP contribution in [0.25, 0.3) is 17.0 Å². The predicted molar refractivity (Wildman–Crippen MR) is 75.7 cm³/mol. The highest BCUT2D eigenvalue weighted by Crippen LogP contribution is 2.17. The molecule has 6 nitrogen and oxygen atoms in total. The van der Waals surface area contributed by atoms with Crippen LogP contribution in [0.5, 0.6) is 0 Å². The van der Waals surface area contributed by atoms with Crippen molar-refractivity contribution in [1.82, 2.24) is 19.5 Å². The smallest absolute Gasteiger partial charge is 0.339 e. The van der Waals surface area contributed by atoms with Crippen LogP contribution < -0.4 is 0 Å². The van der Waals surface area contributed by atoms with Crippen LogP contribution in [0.4, 0.5) is 0 Å². The SMILES string of the molecule is COC(=O)c1cnc2c(c1)ncn2-c1cccc(Br)n1. The molecule has 0 aromatic carbocycles. The average Bonchev–Trinajstić information content (AvgIpc) is 2.89. The third-order valence-corrected chi connectivity index (χ3v) is 3.20. The fraction of sp³-hybridized carbons (Fsp3) is 0.0769. The Bertz CT molecular complexity index is 800. The summed E-state index contributed by atoms with van der Waals surface area (Å²) < 4.78 is 7.14. The van der Waals surface area contributed by atoms with Crippen LogP contribution in [0.15, 0.2) is 41.4 Å². The Labute approximate surface area is 122 Å². The van der Waals surface area contributed by atoms with Gasteiger partial charge in [-0.25, -0.2) is 19.7 Å². The van der Waals surface area contributed by atoms with Gasteiger partial charge < -0.3 is 4.74 Å². The lowest BCUT2D eigenvalue weighted by Crippen LogP contribution is -2.02. The lowest BCUT2D eigenvalue weighted by atomic mass is 10.3. The summed E-state index contributed by atoms with van der Waals surface area (Å²) in [4.78, 5) is 24.3.